The summed E-state index contributed by atoms with van der Waals surface area (Å²) in [6.07, 6.45) is -0.967. The van der Waals surface area contributed by atoms with Crippen molar-refractivity contribution in [2.75, 3.05) is 5.75 Å². The number of amides is 1. The Morgan fingerprint density at radius 3 is 2.48 bits per heavy atom. The van der Waals surface area contributed by atoms with Crippen molar-refractivity contribution in [1.82, 2.24) is 5.32 Å². The molecular formula is C20H20ClNO4S. The standard InChI is InChI=1S/C20H20ClNO4S/c1-13(23)12-27-18-10-6-4-8-16(18)20(25)26-14(2)19(24)22-11-15-7-3-5-9-17(15)21/h3-10,14H,11-12H2,1-2H3,(H,22,24)/t14-/m0/s1. The fourth-order valence-electron chi connectivity index (χ4n) is 2.19. The first kappa shape index (κ1) is 21.0. The number of carbonyl (C=O) groups excluding carboxylic acids is 3. The van der Waals surface area contributed by atoms with E-state index in [9.17, 15) is 14.4 Å². The second kappa shape index (κ2) is 10.1. The van der Waals surface area contributed by atoms with Gasteiger partial charge in [-0.15, -0.1) is 11.8 Å². The largest absolute Gasteiger partial charge is 0.449 e. The van der Waals surface area contributed by atoms with Crippen LogP contribution in [0.5, 0.6) is 0 Å². The van der Waals surface area contributed by atoms with Crippen LogP contribution in [-0.4, -0.2) is 29.5 Å². The highest BCUT2D eigenvalue weighted by Gasteiger charge is 2.21. The van der Waals surface area contributed by atoms with Crippen LogP contribution in [0.1, 0.15) is 29.8 Å². The van der Waals surface area contributed by atoms with Gasteiger partial charge in [0.15, 0.2) is 6.10 Å². The van der Waals surface area contributed by atoms with Gasteiger partial charge in [-0.2, -0.15) is 0 Å². The fraction of sp³-hybridized carbons (Fsp3) is 0.250. The van der Waals surface area contributed by atoms with E-state index in [1.54, 1.807) is 36.4 Å². The molecule has 2 rings (SSSR count). The highest BCUT2D eigenvalue weighted by Crippen LogP contribution is 2.23. The van der Waals surface area contributed by atoms with Gasteiger partial charge in [0, 0.05) is 16.5 Å². The zero-order valence-corrected chi connectivity index (χ0v) is 16.6. The van der Waals surface area contributed by atoms with E-state index in [0.29, 0.717) is 15.5 Å². The minimum absolute atomic E-state index is 0.00971. The molecule has 2 aromatic carbocycles. The summed E-state index contributed by atoms with van der Waals surface area (Å²) >= 11 is 7.32. The van der Waals surface area contributed by atoms with E-state index in [2.05, 4.69) is 5.32 Å². The molecule has 1 atom stereocenters. The molecule has 0 heterocycles. The highest BCUT2D eigenvalue weighted by atomic mass is 35.5. The Hall–Kier alpha value is -2.31. The number of ketones is 1. The van der Waals surface area contributed by atoms with Crippen LogP contribution in [0.25, 0.3) is 0 Å². The molecule has 27 heavy (non-hydrogen) atoms. The van der Waals surface area contributed by atoms with Crippen molar-refractivity contribution in [3.05, 3.63) is 64.7 Å². The van der Waals surface area contributed by atoms with E-state index < -0.39 is 18.0 Å². The smallest absolute Gasteiger partial charge is 0.340 e. The summed E-state index contributed by atoms with van der Waals surface area (Å²) in [5, 5.41) is 3.26. The number of ether oxygens (including phenoxy) is 1. The summed E-state index contributed by atoms with van der Waals surface area (Å²) < 4.78 is 5.28. The van der Waals surface area contributed by atoms with Gasteiger partial charge in [0.05, 0.1) is 11.3 Å². The van der Waals surface area contributed by atoms with Gasteiger partial charge in [-0.1, -0.05) is 41.9 Å². The van der Waals surface area contributed by atoms with E-state index in [1.807, 2.05) is 12.1 Å². The number of hydrogen-bond acceptors (Lipinski definition) is 5. The summed E-state index contributed by atoms with van der Waals surface area (Å²) in [5.41, 5.74) is 1.10. The van der Waals surface area contributed by atoms with Gasteiger partial charge >= 0.3 is 5.97 Å². The number of esters is 1. The molecule has 0 fully saturated rings. The van der Waals surface area contributed by atoms with Gasteiger partial charge in [-0.25, -0.2) is 4.79 Å². The monoisotopic (exact) mass is 405 g/mol. The zero-order chi connectivity index (χ0) is 19.8. The molecule has 0 aliphatic rings. The Balaban J connectivity index is 1.95. The normalized spacial score (nSPS) is 11.5. The topological polar surface area (TPSA) is 72.5 Å². The first-order valence-corrected chi connectivity index (χ1v) is 9.68. The third-order valence-corrected chi connectivity index (χ3v) is 5.19. The number of thioether (sulfide) groups is 1. The van der Waals surface area contributed by atoms with Crippen LogP contribution in [0, 0.1) is 0 Å². The predicted octanol–water partition coefficient (Wildman–Crippen LogP) is 3.88. The lowest BCUT2D eigenvalue weighted by molar-refractivity contribution is -0.129. The molecule has 0 saturated heterocycles. The maximum absolute atomic E-state index is 12.4. The predicted molar refractivity (Wildman–Crippen MR) is 106 cm³/mol. The summed E-state index contributed by atoms with van der Waals surface area (Å²) in [7, 11) is 0. The Morgan fingerprint density at radius 1 is 1.11 bits per heavy atom. The van der Waals surface area contributed by atoms with E-state index in [0.717, 1.165) is 5.56 Å². The number of benzene rings is 2. The lowest BCUT2D eigenvalue weighted by atomic mass is 10.2. The van der Waals surface area contributed by atoms with Crippen molar-refractivity contribution in [1.29, 1.82) is 0 Å². The van der Waals surface area contributed by atoms with Crippen molar-refractivity contribution in [3.63, 3.8) is 0 Å². The minimum atomic E-state index is -0.967. The number of hydrogen-bond donors (Lipinski definition) is 1. The molecular weight excluding hydrogens is 386 g/mol. The fourth-order valence-corrected chi connectivity index (χ4v) is 3.23. The SMILES string of the molecule is CC(=O)CSc1ccccc1C(=O)O[C@@H](C)C(=O)NCc1ccccc1Cl. The molecule has 0 bridgehead atoms. The lowest BCUT2D eigenvalue weighted by Crippen LogP contribution is -2.35. The van der Waals surface area contributed by atoms with E-state index in [1.165, 1.54) is 25.6 Å². The van der Waals surface area contributed by atoms with Crippen LogP contribution in [0.4, 0.5) is 0 Å². The average Bonchev–Trinajstić information content (AvgIpc) is 2.65. The number of nitrogens with one attached hydrogen (secondary N) is 1. The van der Waals surface area contributed by atoms with Crippen LogP contribution in [0.15, 0.2) is 53.4 Å². The molecule has 142 valence electrons. The van der Waals surface area contributed by atoms with Gasteiger partial charge in [0.2, 0.25) is 0 Å². The molecule has 0 aromatic heterocycles. The van der Waals surface area contributed by atoms with Crippen LogP contribution < -0.4 is 5.32 Å². The molecule has 0 saturated carbocycles. The van der Waals surface area contributed by atoms with Gasteiger partial charge in [0.25, 0.3) is 5.91 Å². The molecule has 1 N–H and O–H groups in total. The molecule has 1 amide bonds. The van der Waals surface area contributed by atoms with Crippen molar-refractivity contribution < 1.29 is 19.1 Å². The average molecular weight is 406 g/mol. The summed E-state index contributed by atoms with van der Waals surface area (Å²) in [5.74, 6) is -0.757. The number of Topliss-reactive ketones (excluding diaryl/α,β-unsaturated/α-hetero) is 1. The molecule has 5 nitrogen and oxygen atoms in total. The minimum Gasteiger partial charge on any atom is -0.449 e. The first-order valence-electron chi connectivity index (χ1n) is 8.32. The number of halogens is 1. The molecule has 0 spiro atoms. The Labute approximate surface area is 167 Å². The van der Waals surface area contributed by atoms with Gasteiger partial charge < -0.3 is 10.1 Å². The van der Waals surface area contributed by atoms with Crippen molar-refractivity contribution in [2.45, 2.75) is 31.4 Å². The molecule has 0 aliphatic carbocycles. The Morgan fingerprint density at radius 2 is 1.78 bits per heavy atom. The highest BCUT2D eigenvalue weighted by molar-refractivity contribution is 8.00. The zero-order valence-electron chi connectivity index (χ0n) is 15.0. The Kier molecular flexibility index (Phi) is 7.88. The van der Waals surface area contributed by atoms with Gasteiger partial charge in [0.1, 0.15) is 5.78 Å². The van der Waals surface area contributed by atoms with Crippen LogP contribution in [0.2, 0.25) is 5.02 Å². The van der Waals surface area contributed by atoms with Crippen molar-refractivity contribution >= 4 is 41.0 Å². The third-order valence-electron chi connectivity index (χ3n) is 3.60. The van der Waals surface area contributed by atoms with Gasteiger partial charge in [-0.3, -0.25) is 9.59 Å². The van der Waals surface area contributed by atoms with E-state index >= 15 is 0 Å². The van der Waals surface area contributed by atoms with Crippen LogP contribution >= 0.6 is 23.4 Å². The molecule has 0 aliphatic heterocycles. The quantitative estimate of drug-likeness (QED) is 0.533. The second-order valence-corrected chi connectivity index (χ2v) is 7.27. The van der Waals surface area contributed by atoms with Gasteiger partial charge in [-0.05, 0) is 37.6 Å². The summed E-state index contributed by atoms with van der Waals surface area (Å²) in [6, 6.07) is 14.0. The summed E-state index contributed by atoms with van der Waals surface area (Å²) in [6.45, 7) is 3.23. The first-order chi connectivity index (χ1) is 12.9. The maximum atomic E-state index is 12.4. The van der Waals surface area contributed by atoms with E-state index in [-0.39, 0.29) is 18.1 Å². The van der Waals surface area contributed by atoms with Crippen LogP contribution in [-0.2, 0) is 20.9 Å². The number of rotatable bonds is 8. The molecule has 0 unspecified atom stereocenters. The van der Waals surface area contributed by atoms with Crippen molar-refractivity contribution in [2.24, 2.45) is 0 Å². The maximum Gasteiger partial charge on any atom is 0.340 e. The summed E-state index contributed by atoms with van der Waals surface area (Å²) in [4.78, 5) is 36.5. The Bertz CT molecular complexity index is 840. The second-order valence-electron chi connectivity index (χ2n) is 5.84. The molecule has 2 aromatic rings. The lowest BCUT2D eigenvalue weighted by Gasteiger charge is -2.15. The van der Waals surface area contributed by atoms with Crippen LogP contribution in [0.3, 0.4) is 0 Å². The van der Waals surface area contributed by atoms with Crippen molar-refractivity contribution in [3.8, 4) is 0 Å². The molecule has 0 radical (unpaired) electrons. The molecule has 7 heteroatoms. The number of carbonyl (C=O) groups is 3. The van der Waals surface area contributed by atoms with E-state index in [4.69, 9.17) is 16.3 Å². The third kappa shape index (κ3) is 6.41.